The summed E-state index contributed by atoms with van der Waals surface area (Å²) < 4.78 is 0. The maximum absolute atomic E-state index is 2.47. The molecule has 0 aromatic rings. The highest BCUT2D eigenvalue weighted by Crippen LogP contribution is 2.40. The number of allylic oxidation sites excluding steroid dienone is 1. The number of hydrogen-bond acceptors (Lipinski definition) is 1. The molecule has 0 spiro atoms. The Morgan fingerprint density at radius 1 is 1.44 bits per heavy atom. The summed E-state index contributed by atoms with van der Waals surface area (Å²) in [5.74, 6) is 1.41. The molecule has 0 radical (unpaired) electrons. The molecule has 0 saturated carbocycles. The maximum Gasteiger partial charge on any atom is 0.0347 e. The van der Waals surface area contributed by atoms with Gasteiger partial charge in [0.25, 0.3) is 0 Å². The van der Waals surface area contributed by atoms with Gasteiger partial charge >= 0.3 is 0 Å². The predicted octanol–water partition coefficient (Wildman–Crippen LogP) is 2.60. The number of thioether (sulfide) groups is 1. The minimum absolute atomic E-state index is 0.963. The van der Waals surface area contributed by atoms with Crippen LogP contribution in [0.1, 0.15) is 25.7 Å². The van der Waals surface area contributed by atoms with Gasteiger partial charge in [-0.2, -0.15) is 11.8 Å². The van der Waals surface area contributed by atoms with E-state index >= 15 is 0 Å². The van der Waals surface area contributed by atoms with E-state index in [4.69, 9.17) is 0 Å². The molecule has 0 bridgehead atoms. The molecule has 1 aliphatic carbocycles. The molecule has 50 valence electrons. The molecule has 2 rings (SSSR count). The third-order valence-corrected chi connectivity index (χ3v) is 3.04. The van der Waals surface area contributed by atoms with Gasteiger partial charge in [-0.05, 0) is 25.7 Å². The Morgan fingerprint density at radius 3 is 2.89 bits per heavy atom. The summed E-state index contributed by atoms with van der Waals surface area (Å²) in [7, 11) is 0. The Bertz CT molecular complexity index is 134. The summed E-state index contributed by atoms with van der Waals surface area (Å²) in [6.45, 7) is 0. The highest BCUT2D eigenvalue weighted by atomic mass is 32.2. The lowest BCUT2D eigenvalue weighted by molar-refractivity contribution is 0.694. The minimum Gasteiger partial charge on any atom is -0.152 e. The second-order valence-electron chi connectivity index (χ2n) is 2.85. The van der Waals surface area contributed by atoms with Crippen molar-refractivity contribution >= 4 is 11.8 Å². The third-order valence-electron chi connectivity index (χ3n) is 2.07. The molecule has 0 aromatic heterocycles. The van der Waals surface area contributed by atoms with Gasteiger partial charge in [0.15, 0.2) is 0 Å². The molecule has 1 heteroatoms. The fraction of sp³-hybridized carbons (Fsp3) is 0.750. The minimum atomic E-state index is 0.963. The average molecular weight is 140 g/mol. The van der Waals surface area contributed by atoms with Crippen molar-refractivity contribution in [1.29, 1.82) is 0 Å². The zero-order valence-electron chi connectivity index (χ0n) is 5.60. The van der Waals surface area contributed by atoms with Crippen LogP contribution in [0.3, 0.4) is 0 Å². The van der Waals surface area contributed by atoms with E-state index in [0.717, 1.165) is 5.25 Å². The van der Waals surface area contributed by atoms with Crippen LogP contribution in [0.25, 0.3) is 0 Å². The first-order valence-electron chi connectivity index (χ1n) is 3.77. The van der Waals surface area contributed by atoms with Crippen molar-refractivity contribution < 1.29 is 0 Å². The van der Waals surface area contributed by atoms with Crippen LogP contribution in [-0.4, -0.2) is 11.0 Å². The van der Waals surface area contributed by atoms with E-state index in [-0.39, 0.29) is 0 Å². The van der Waals surface area contributed by atoms with Crippen molar-refractivity contribution in [3.8, 4) is 0 Å². The molecule has 0 amide bonds. The van der Waals surface area contributed by atoms with Gasteiger partial charge in [-0.25, -0.2) is 0 Å². The topological polar surface area (TPSA) is 0 Å². The largest absolute Gasteiger partial charge is 0.152 e. The molecular weight excluding hydrogens is 128 g/mol. The van der Waals surface area contributed by atoms with Crippen LogP contribution in [0.5, 0.6) is 0 Å². The SMILES string of the molecule is C1=C(C2CS2)CCCC1. The van der Waals surface area contributed by atoms with Gasteiger partial charge in [0.2, 0.25) is 0 Å². The first kappa shape index (κ1) is 5.84. The van der Waals surface area contributed by atoms with E-state index < -0.39 is 0 Å². The Morgan fingerprint density at radius 2 is 2.33 bits per heavy atom. The molecular formula is C8H12S. The van der Waals surface area contributed by atoms with Gasteiger partial charge in [0.1, 0.15) is 0 Å². The van der Waals surface area contributed by atoms with Crippen LogP contribution >= 0.6 is 11.8 Å². The van der Waals surface area contributed by atoms with Crippen molar-refractivity contribution in [3.63, 3.8) is 0 Å². The summed E-state index contributed by atoms with van der Waals surface area (Å²) in [5.41, 5.74) is 1.76. The zero-order chi connectivity index (χ0) is 6.10. The number of rotatable bonds is 1. The van der Waals surface area contributed by atoms with Crippen LogP contribution in [-0.2, 0) is 0 Å². The van der Waals surface area contributed by atoms with E-state index in [2.05, 4.69) is 17.8 Å². The first-order valence-corrected chi connectivity index (χ1v) is 4.82. The summed E-state index contributed by atoms with van der Waals surface area (Å²) in [6, 6.07) is 0. The van der Waals surface area contributed by atoms with Gasteiger partial charge < -0.3 is 0 Å². The lowest BCUT2D eigenvalue weighted by Crippen LogP contribution is -1.96. The van der Waals surface area contributed by atoms with Gasteiger partial charge in [-0.1, -0.05) is 11.6 Å². The van der Waals surface area contributed by atoms with Crippen molar-refractivity contribution in [2.45, 2.75) is 30.9 Å². The standard InChI is InChI=1S/C8H12S/c1-2-4-7(5-3-1)8-6-9-8/h4,8H,1-3,5-6H2. The monoisotopic (exact) mass is 140 g/mol. The van der Waals surface area contributed by atoms with Crippen LogP contribution in [0.2, 0.25) is 0 Å². The predicted molar refractivity (Wildman–Crippen MR) is 42.8 cm³/mol. The third kappa shape index (κ3) is 1.32. The lowest BCUT2D eigenvalue weighted by atomic mass is 9.98. The van der Waals surface area contributed by atoms with Crippen molar-refractivity contribution in [2.24, 2.45) is 0 Å². The molecule has 2 aliphatic rings. The molecule has 1 aliphatic heterocycles. The molecule has 1 heterocycles. The van der Waals surface area contributed by atoms with Gasteiger partial charge in [0.05, 0.1) is 0 Å². The summed E-state index contributed by atoms with van der Waals surface area (Å²) in [6.07, 6.45) is 8.10. The Balaban J connectivity index is 1.99. The molecule has 0 aromatic carbocycles. The zero-order valence-corrected chi connectivity index (χ0v) is 6.41. The quantitative estimate of drug-likeness (QED) is 0.398. The maximum atomic E-state index is 2.47. The molecule has 0 N–H and O–H groups in total. The first-order chi connectivity index (χ1) is 4.47. The fourth-order valence-corrected chi connectivity index (χ4v) is 2.16. The van der Waals surface area contributed by atoms with Crippen molar-refractivity contribution in [3.05, 3.63) is 11.6 Å². The molecule has 0 nitrogen and oxygen atoms in total. The van der Waals surface area contributed by atoms with Gasteiger partial charge in [0, 0.05) is 11.0 Å². The molecule has 1 unspecified atom stereocenters. The fourth-order valence-electron chi connectivity index (χ4n) is 1.42. The van der Waals surface area contributed by atoms with Crippen molar-refractivity contribution in [2.75, 3.05) is 5.75 Å². The highest BCUT2D eigenvalue weighted by molar-refractivity contribution is 8.07. The van der Waals surface area contributed by atoms with Crippen LogP contribution in [0.15, 0.2) is 11.6 Å². The Hall–Kier alpha value is 0.0900. The molecule has 9 heavy (non-hydrogen) atoms. The lowest BCUT2D eigenvalue weighted by Gasteiger charge is -2.09. The summed E-state index contributed by atoms with van der Waals surface area (Å²) in [5, 5.41) is 0.963. The van der Waals surface area contributed by atoms with Crippen LogP contribution in [0.4, 0.5) is 0 Å². The van der Waals surface area contributed by atoms with E-state index in [1.807, 2.05) is 0 Å². The summed E-state index contributed by atoms with van der Waals surface area (Å²) >= 11 is 2.11. The van der Waals surface area contributed by atoms with E-state index in [1.165, 1.54) is 31.4 Å². The molecule has 1 fully saturated rings. The summed E-state index contributed by atoms with van der Waals surface area (Å²) in [4.78, 5) is 0. The van der Waals surface area contributed by atoms with Gasteiger partial charge in [-0.3, -0.25) is 0 Å². The second kappa shape index (κ2) is 2.37. The van der Waals surface area contributed by atoms with Crippen LogP contribution in [0, 0.1) is 0 Å². The van der Waals surface area contributed by atoms with E-state index in [0.29, 0.717) is 0 Å². The normalized spacial score (nSPS) is 33.8. The Labute approximate surface area is 60.7 Å². The van der Waals surface area contributed by atoms with Gasteiger partial charge in [-0.15, -0.1) is 0 Å². The highest BCUT2D eigenvalue weighted by Gasteiger charge is 2.26. The van der Waals surface area contributed by atoms with E-state index in [1.54, 1.807) is 5.57 Å². The van der Waals surface area contributed by atoms with Crippen molar-refractivity contribution in [1.82, 2.24) is 0 Å². The Kier molecular flexibility index (Phi) is 1.54. The molecule has 1 atom stereocenters. The smallest absolute Gasteiger partial charge is 0.0347 e. The molecule has 1 saturated heterocycles. The number of hydrogen-bond donors (Lipinski definition) is 0. The van der Waals surface area contributed by atoms with E-state index in [9.17, 15) is 0 Å². The average Bonchev–Trinajstić information content (AvgIpc) is 2.71. The van der Waals surface area contributed by atoms with Crippen LogP contribution < -0.4 is 0 Å². The second-order valence-corrected chi connectivity index (χ2v) is 4.08.